The van der Waals surface area contributed by atoms with Crippen molar-refractivity contribution in [2.24, 2.45) is 5.92 Å². The minimum atomic E-state index is 0. The van der Waals surface area contributed by atoms with E-state index in [-0.39, 0.29) is 36.2 Å². The molecule has 1 heterocycles. The minimum absolute atomic E-state index is 0. The molecule has 110 valence electrons. The highest BCUT2D eigenvalue weighted by Crippen LogP contribution is 2.50. The SMILES string of the molecule is Cl.O=C(NC1CCNC1)C1CC1c1ccc(Cl)cc1Cl. The Hall–Kier alpha value is -0.480. The summed E-state index contributed by atoms with van der Waals surface area (Å²) in [5.74, 6) is 0.475. The van der Waals surface area contributed by atoms with Crippen LogP contribution in [0.5, 0.6) is 0 Å². The van der Waals surface area contributed by atoms with Crippen LogP contribution < -0.4 is 10.6 Å². The molecule has 1 aromatic rings. The van der Waals surface area contributed by atoms with Crippen LogP contribution in [0, 0.1) is 5.92 Å². The van der Waals surface area contributed by atoms with Crippen molar-refractivity contribution in [2.45, 2.75) is 24.8 Å². The lowest BCUT2D eigenvalue weighted by molar-refractivity contribution is -0.123. The highest BCUT2D eigenvalue weighted by molar-refractivity contribution is 6.35. The zero-order valence-electron chi connectivity index (χ0n) is 10.9. The van der Waals surface area contributed by atoms with E-state index in [1.165, 1.54) is 0 Å². The van der Waals surface area contributed by atoms with Crippen molar-refractivity contribution in [2.75, 3.05) is 13.1 Å². The number of nitrogens with one attached hydrogen (secondary N) is 2. The van der Waals surface area contributed by atoms with Gasteiger partial charge in [0.05, 0.1) is 0 Å². The smallest absolute Gasteiger partial charge is 0.224 e. The molecule has 1 saturated heterocycles. The maximum Gasteiger partial charge on any atom is 0.224 e. The average molecular weight is 336 g/mol. The lowest BCUT2D eigenvalue weighted by atomic mass is 10.1. The highest BCUT2D eigenvalue weighted by Gasteiger charge is 2.45. The van der Waals surface area contributed by atoms with Gasteiger partial charge >= 0.3 is 0 Å². The molecule has 2 fully saturated rings. The number of carbonyl (C=O) groups excluding carboxylic acids is 1. The molecule has 3 nitrogen and oxygen atoms in total. The largest absolute Gasteiger partial charge is 0.352 e. The molecule has 3 atom stereocenters. The molecule has 1 aliphatic heterocycles. The fourth-order valence-corrected chi connectivity index (χ4v) is 3.27. The van der Waals surface area contributed by atoms with Crippen molar-refractivity contribution in [3.63, 3.8) is 0 Å². The second-order valence-corrected chi connectivity index (χ2v) is 6.16. The lowest BCUT2D eigenvalue weighted by Gasteiger charge is -2.11. The molecular formula is C14H17Cl3N2O. The van der Waals surface area contributed by atoms with E-state index in [2.05, 4.69) is 10.6 Å². The first-order valence-electron chi connectivity index (χ1n) is 6.61. The van der Waals surface area contributed by atoms with E-state index < -0.39 is 0 Å². The number of carbonyl (C=O) groups is 1. The lowest BCUT2D eigenvalue weighted by Crippen LogP contribution is -2.37. The third-order valence-corrected chi connectivity index (χ3v) is 4.46. The molecule has 2 aliphatic rings. The Morgan fingerprint density at radius 2 is 2.15 bits per heavy atom. The molecule has 6 heteroatoms. The summed E-state index contributed by atoms with van der Waals surface area (Å²) in [5.41, 5.74) is 1.04. The monoisotopic (exact) mass is 334 g/mol. The zero-order chi connectivity index (χ0) is 13.4. The highest BCUT2D eigenvalue weighted by atomic mass is 35.5. The maximum atomic E-state index is 12.1. The standard InChI is InChI=1S/C14H16Cl2N2O.ClH/c15-8-1-2-10(13(16)5-8)11-6-12(11)14(19)18-9-3-4-17-7-9;/h1-2,5,9,11-12,17H,3-4,6-7H2,(H,18,19);1H. The number of amides is 1. The quantitative estimate of drug-likeness (QED) is 0.891. The minimum Gasteiger partial charge on any atom is -0.352 e. The van der Waals surface area contributed by atoms with Crippen molar-refractivity contribution in [1.82, 2.24) is 10.6 Å². The van der Waals surface area contributed by atoms with Crippen LogP contribution in [0.2, 0.25) is 10.0 Å². The molecule has 3 unspecified atom stereocenters. The van der Waals surface area contributed by atoms with Crippen LogP contribution in [-0.4, -0.2) is 25.0 Å². The van der Waals surface area contributed by atoms with Gasteiger partial charge in [0.25, 0.3) is 0 Å². The van der Waals surface area contributed by atoms with Gasteiger partial charge in [0.2, 0.25) is 5.91 Å². The predicted octanol–water partition coefficient (Wildman–Crippen LogP) is 3.00. The van der Waals surface area contributed by atoms with E-state index in [4.69, 9.17) is 23.2 Å². The Bertz CT molecular complexity index is 503. The van der Waals surface area contributed by atoms with Crippen molar-refractivity contribution >= 4 is 41.5 Å². The van der Waals surface area contributed by atoms with Crippen LogP contribution >= 0.6 is 35.6 Å². The van der Waals surface area contributed by atoms with E-state index in [0.717, 1.165) is 31.5 Å². The van der Waals surface area contributed by atoms with Crippen LogP contribution in [0.3, 0.4) is 0 Å². The fourth-order valence-electron chi connectivity index (χ4n) is 2.72. The number of hydrogen-bond acceptors (Lipinski definition) is 2. The topological polar surface area (TPSA) is 41.1 Å². The molecule has 0 aromatic heterocycles. The van der Waals surface area contributed by atoms with Gasteiger partial charge in [-0.05, 0) is 43.0 Å². The maximum absolute atomic E-state index is 12.1. The first kappa shape index (κ1) is 15.9. The van der Waals surface area contributed by atoms with Crippen molar-refractivity contribution in [1.29, 1.82) is 0 Å². The van der Waals surface area contributed by atoms with Crippen LogP contribution in [0.4, 0.5) is 0 Å². The molecule has 2 N–H and O–H groups in total. The summed E-state index contributed by atoms with van der Waals surface area (Å²) in [6.45, 7) is 1.87. The Morgan fingerprint density at radius 3 is 2.80 bits per heavy atom. The third-order valence-electron chi connectivity index (χ3n) is 3.90. The summed E-state index contributed by atoms with van der Waals surface area (Å²) >= 11 is 12.1. The van der Waals surface area contributed by atoms with Crippen molar-refractivity contribution < 1.29 is 4.79 Å². The van der Waals surface area contributed by atoms with Gasteiger partial charge in [-0.2, -0.15) is 0 Å². The van der Waals surface area contributed by atoms with Gasteiger partial charge in [-0.3, -0.25) is 4.79 Å². The zero-order valence-corrected chi connectivity index (χ0v) is 13.2. The molecule has 0 radical (unpaired) electrons. The van der Waals surface area contributed by atoms with Gasteiger partial charge in [-0.25, -0.2) is 0 Å². The number of rotatable bonds is 3. The third kappa shape index (κ3) is 3.40. The Morgan fingerprint density at radius 1 is 1.35 bits per heavy atom. The van der Waals surface area contributed by atoms with Gasteiger partial charge in [-0.15, -0.1) is 12.4 Å². The molecule has 1 amide bonds. The van der Waals surface area contributed by atoms with Crippen LogP contribution in [0.1, 0.15) is 24.3 Å². The summed E-state index contributed by atoms with van der Waals surface area (Å²) in [7, 11) is 0. The summed E-state index contributed by atoms with van der Waals surface area (Å²) in [4.78, 5) is 12.1. The van der Waals surface area contributed by atoms with E-state index in [1.54, 1.807) is 6.07 Å². The molecule has 1 aliphatic carbocycles. The van der Waals surface area contributed by atoms with E-state index in [1.807, 2.05) is 12.1 Å². The van der Waals surface area contributed by atoms with Crippen LogP contribution in [0.25, 0.3) is 0 Å². The Kier molecular flexibility index (Phi) is 5.19. The van der Waals surface area contributed by atoms with E-state index in [9.17, 15) is 4.79 Å². The molecular weight excluding hydrogens is 319 g/mol. The molecule has 3 rings (SSSR count). The van der Waals surface area contributed by atoms with Gasteiger partial charge in [0.1, 0.15) is 0 Å². The number of halogens is 3. The molecule has 1 saturated carbocycles. The Balaban J connectivity index is 0.00000147. The predicted molar refractivity (Wildman–Crippen MR) is 84.0 cm³/mol. The summed E-state index contributed by atoms with van der Waals surface area (Å²) < 4.78 is 0. The summed E-state index contributed by atoms with van der Waals surface area (Å²) in [6.07, 6.45) is 1.90. The second kappa shape index (κ2) is 6.52. The Labute approximate surface area is 134 Å². The van der Waals surface area contributed by atoms with Crippen LogP contribution in [0.15, 0.2) is 18.2 Å². The first-order valence-corrected chi connectivity index (χ1v) is 7.37. The van der Waals surface area contributed by atoms with Gasteiger partial charge in [0, 0.05) is 28.5 Å². The molecule has 20 heavy (non-hydrogen) atoms. The van der Waals surface area contributed by atoms with Gasteiger partial charge < -0.3 is 10.6 Å². The summed E-state index contributed by atoms with van der Waals surface area (Å²) in [6, 6.07) is 5.79. The second-order valence-electron chi connectivity index (χ2n) is 5.31. The fraction of sp³-hybridized carbons (Fsp3) is 0.500. The van der Waals surface area contributed by atoms with E-state index >= 15 is 0 Å². The molecule has 0 spiro atoms. The number of hydrogen-bond donors (Lipinski definition) is 2. The number of benzene rings is 1. The van der Waals surface area contributed by atoms with Crippen LogP contribution in [-0.2, 0) is 4.79 Å². The molecule has 0 bridgehead atoms. The molecule has 1 aromatic carbocycles. The van der Waals surface area contributed by atoms with Crippen molar-refractivity contribution in [3.8, 4) is 0 Å². The first-order chi connectivity index (χ1) is 9.15. The van der Waals surface area contributed by atoms with E-state index in [0.29, 0.717) is 10.0 Å². The average Bonchev–Trinajstić information content (AvgIpc) is 2.99. The van der Waals surface area contributed by atoms with Gasteiger partial charge in [-0.1, -0.05) is 29.3 Å². The normalized spacial score (nSPS) is 27.8. The summed E-state index contributed by atoms with van der Waals surface area (Å²) in [5, 5.41) is 7.64. The van der Waals surface area contributed by atoms with Gasteiger partial charge in [0.15, 0.2) is 0 Å². The van der Waals surface area contributed by atoms with Crippen molar-refractivity contribution in [3.05, 3.63) is 33.8 Å².